The van der Waals surface area contributed by atoms with Gasteiger partial charge >= 0.3 is 11.9 Å². The summed E-state index contributed by atoms with van der Waals surface area (Å²) >= 11 is 3.05. The van der Waals surface area contributed by atoms with Gasteiger partial charge in [0.25, 0.3) is 0 Å². The van der Waals surface area contributed by atoms with E-state index in [0.717, 1.165) is 6.07 Å². The fraction of sp³-hybridized carbons (Fsp3) is 0.333. The highest BCUT2D eigenvalue weighted by Gasteiger charge is 2.14. The quantitative estimate of drug-likeness (QED) is 0.508. The van der Waals surface area contributed by atoms with Gasteiger partial charge in [-0.3, -0.25) is 4.79 Å². The Hall–Kier alpha value is -1.63. The second kappa shape index (κ2) is 7.08. The van der Waals surface area contributed by atoms with Gasteiger partial charge in [0.2, 0.25) is 0 Å². The van der Waals surface area contributed by atoms with Crippen molar-refractivity contribution in [3.8, 4) is 0 Å². The van der Waals surface area contributed by atoms with E-state index >= 15 is 0 Å². The smallest absolute Gasteiger partial charge is 0.339 e. The normalized spacial score (nSPS) is 10.1. The molecule has 0 bridgehead atoms. The number of esters is 2. The average Bonchev–Trinajstić information content (AvgIpc) is 2.38. The maximum Gasteiger partial charge on any atom is 0.339 e. The number of rotatable bonds is 5. The third-order valence-corrected chi connectivity index (χ3v) is 2.95. The highest BCUT2D eigenvalue weighted by molar-refractivity contribution is 9.10. The molecule has 1 aromatic carbocycles. The minimum absolute atomic E-state index is 0.0671. The van der Waals surface area contributed by atoms with Crippen LogP contribution in [-0.4, -0.2) is 25.7 Å². The van der Waals surface area contributed by atoms with Gasteiger partial charge in [-0.15, -0.1) is 0 Å². The van der Waals surface area contributed by atoms with Crippen molar-refractivity contribution in [1.29, 1.82) is 0 Å². The molecule has 0 heterocycles. The Bertz CT molecular complexity index is 493. The van der Waals surface area contributed by atoms with E-state index in [1.54, 1.807) is 0 Å². The van der Waals surface area contributed by atoms with E-state index < -0.39 is 11.8 Å². The topological polar surface area (TPSA) is 78.6 Å². The molecule has 0 unspecified atom stereocenters. The van der Waals surface area contributed by atoms with Gasteiger partial charge in [0, 0.05) is 10.9 Å². The maximum absolute atomic E-state index is 13.1. The van der Waals surface area contributed by atoms with Crippen molar-refractivity contribution >= 4 is 33.6 Å². The van der Waals surface area contributed by atoms with E-state index in [4.69, 9.17) is 10.5 Å². The molecule has 0 spiro atoms. The second-order valence-electron chi connectivity index (χ2n) is 3.67. The lowest BCUT2D eigenvalue weighted by Gasteiger charge is -2.07. The molecule has 0 amide bonds. The van der Waals surface area contributed by atoms with Crippen LogP contribution in [0.4, 0.5) is 10.1 Å². The molecule has 0 fully saturated rings. The third-order valence-electron chi connectivity index (χ3n) is 2.29. The van der Waals surface area contributed by atoms with Gasteiger partial charge in [0.15, 0.2) is 0 Å². The molecule has 1 aromatic rings. The molecule has 7 heteroatoms. The third kappa shape index (κ3) is 4.51. The van der Waals surface area contributed by atoms with Gasteiger partial charge in [-0.05, 0) is 34.5 Å². The molecular weight excluding hydrogens is 321 g/mol. The molecule has 1 rings (SSSR count). The van der Waals surface area contributed by atoms with Gasteiger partial charge in [0.1, 0.15) is 5.82 Å². The predicted octanol–water partition coefficient (Wildman–Crippen LogP) is 2.28. The van der Waals surface area contributed by atoms with Crippen LogP contribution >= 0.6 is 15.9 Å². The monoisotopic (exact) mass is 333 g/mol. The number of carbonyl (C=O) groups is 2. The van der Waals surface area contributed by atoms with Crippen molar-refractivity contribution in [3.05, 3.63) is 28.0 Å². The van der Waals surface area contributed by atoms with Gasteiger partial charge in [-0.1, -0.05) is 0 Å². The number of hydrogen-bond acceptors (Lipinski definition) is 5. The largest absolute Gasteiger partial charge is 0.469 e. The van der Waals surface area contributed by atoms with Crippen molar-refractivity contribution in [1.82, 2.24) is 0 Å². The minimum atomic E-state index is -0.636. The molecule has 0 atom stereocenters. The van der Waals surface area contributed by atoms with E-state index in [9.17, 15) is 14.0 Å². The average molecular weight is 334 g/mol. The number of halogens is 2. The molecule has 104 valence electrons. The van der Waals surface area contributed by atoms with Crippen LogP contribution in [0.2, 0.25) is 0 Å². The number of ether oxygens (including phenoxy) is 2. The number of benzene rings is 1. The van der Waals surface area contributed by atoms with Gasteiger partial charge in [0.05, 0.1) is 25.0 Å². The lowest BCUT2D eigenvalue weighted by Crippen LogP contribution is -2.10. The molecule has 0 aliphatic heterocycles. The molecule has 0 radical (unpaired) electrons. The van der Waals surface area contributed by atoms with Crippen molar-refractivity contribution in [2.24, 2.45) is 0 Å². The summed E-state index contributed by atoms with van der Waals surface area (Å²) in [4.78, 5) is 22.5. The first-order valence-electron chi connectivity index (χ1n) is 5.44. The Kier molecular flexibility index (Phi) is 5.75. The number of methoxy groups -OCH3 is 1. The molecule has 2 N–H and O–H groups in total. The summed E-state index contributed by atoms with van der Waals surface area (Å²) in [6.45, 7) is 0.0671. The van der Waals surface area contributed by atoms with E-state index in [-0.39, 0.29) is 34.7 Å². The molecule has 0 aliphatic rings. The van der Waals surface area contributed by atoms with Crippen LogP contribution in [0.25, 0.3) is 0 Å². The van der Waals surface area contributed by atoms with E-state index in [2.05, 4.69) is 20.7 Å². The van der Waals surface area contributed by atoms with E-state index in [1.165, 1.54) is 13.2 Å². The van der Waals surface area contributed by atoms with Crippen LogP contribution in [0, 0.1) is 5.82 Å². The number of anilines is 1. The molecule has 19 heavy (non-hydrogen) atoms. The number of nitrogen functional groups attached to an aromatic ring is 1. The zero-order valence-electron chi connectivity index (χ0n) is 10.2. The first-order chi connectivity index (χ1) is 8.95. The van der Waals surface area contributed by atoms with Crippen molar-refractivity contribution in [2.45, 2.75) is 12.8 Å². The molecule has 0 saturated heterocycles. The molecular formula is C12H13BrFNO4. The maximum atomic E-state index is 13.1. The lowest BCUT2D eigenvalue weighted by atomic mass is 10.2. The summed E-state index contributed by atoms with van der Waals surface area (Å²) < 4.78 is 22.7. The van der Waals surface area contributed by atoms with Crippen molar-refractivity contribution in [2.75, 3.05) is 19.5 Å². The Morgan fingerprint density at radius 1 is 1.42 bits per heavy atom. The Balaban J connectivity index is 2.55. The second-order valence-corrected chi connectivity index (χ2v) is 4.52. The summed E-state index contributed by atoms with van der Waals surface area (Å²) in [7, 11) is 1.28. The molecule has 0 saturated carbocycles. The van der Waals surface area contributed by atoms with Crippen LogP contribution in [0.1, 0.15) is 23.2 Å². The fourth-order valence-electron chi connectivity index (χ4n) is 1.28. The van der Waals surface area contributed by atoms with Crippen LogP contribution in [0.5, 0.6) is 0 Å². The first-order valence-corrected chi connectivity index (χ1v) is 6.23. The SMILES string of the molecule is COC(=O)CCCOC(=O)c1cc(N)c(F)cc1Br. The summed E-state index contributed by atoms with van der Waals surface area (Å²) in [6.07, 6.45) is 0.517. The number of carbonyl (C=O) groups excluding carboxylic acids is 2. The van der Waals surface area contributed by atoms with Crippen LogP contribution < -0.4 is 5.73 Å². The molecule has 0 aromatic heterocycles. The molecule has 5 nitrogen and oxygen atoms in total. The minimum Gasteiger partial charge on any atom is -0.469 e. The first kappa shape index (κ1) is 15.4. The lowest BCUT2D eigenvalue weighted by molar-refractivity contribution is -0.140. The Labute approximate surface area is 118 Å². The van der Waals surface area contributed by atoms with Crippen molar-refractivity contribution < 1.29 is 23.5 Å². The predicted molar refractivity (Wildman–Crippen MR) is 70.0 cm³/mol. The Morgan fingerprint density at radius 3 is 2.74 bits per heavy atom. The summed E-state index contributed by atoms with van der Waals surface area (Å²) in [5, 5.41) is 0. The van der Waals surface area contributed by atoms with Crippen LogP contribution in [0.3, 0.4) is 0 Å². The van der Waals surface area contributed by atoms with Crippen LogP contribution in [-0.2, 0) is 14.3 Å². The van der Waals surface area contributed by atoms with Gasteiger partial charge in [-0.25, -0.2) is 9.18 Å². The van der Waals surface area contributed by atoms with E-state index in [0.29, 0.717) is 6.42 Å². The Morgan fingerprint density at radius 2 is 2.11 bits per heavy atom. The van der Waals surface area contributed by atoms with Crippen LogP contribution in [0.15, 0.2) is 16.6 Å². The summed E-state index contributed by atoms with van der Waals surface area (Å²) in [6, 6.07) is 2.29. The summed E-state index contributed by atoms with van der Waals surface area (Å²) in [5.41, 5.74) is 5.38. The zero-order valence-corrected chi connectivity index (χ0v) is 11.8. The zero-order chi connectivity index (χ0) is 14.4. The van der Waals surface area contributed by atoms with Gasteiger partial charge < -0.3 is 15.2 Å². The fourth-order valence-corrected chi connectivity index (χ4v) is 1.76. The molecule has 0 aliphatic carbocycles. The summed E-state index contributed by atoms with van der Waals surface area (Å²) in [5.74, 6) is -1.62. The van der Waals surface area contributed by atoms with Crippen molar-refractivity contribution in [3.63, 3.8) is 0 Å². The van der Waals surface area contributed by atoms with Gasteiger partial charge in [-0.2, -0.15) is 0 Å². The number of hydrogen-bond donors (Lipinski definition) is 1. The highest BCUT2D eigenvalue weighted by Crippen LogP contribution is 2.23. The standard InChI is InChI=1S/C12H13BrFNO4/c1-18-11(16)3-2-4-19-12(17)7-5-10(15)9(14)6-8(7)13/h5-6H,2-4,15H2,1H3. The highest BCUT2D eigenvalue weighted by atomic mass is 79.9. The van der Waals surface area contributed by atoms with E-state index in [1.807, 2.05) is 0 Å². The number of nitrogens with two attached hydrogens (primary N) is 1.